The van der Waals surface area contributed by atoms with Crippen molar-refractivity contribution in [2.45, 2.75) is 33.3 Å². The van der Waals surface area contributed by atoms with Crippen molar-refractivity contribution >= 4 is 5.69 Å². The van der Waals surface area contributed by atoms with Gasteiger partial charge in [-0.25, -0.2) is 0 Å². The predicted octanol–water partition coefficient (Wildman–Crippen LogP) is 3.23. The molecule has 0 aliphatic rings. The molecule has 2 N–H and O–H groups in total. The highest BCUT2D eigenvalue weighted by atomic mass is 16.5. The Morgan fingerprint density at radius 3 is 2.65 bits per heavy atom. The van der Waals surface area contributed by atoms with Crippen LogP contribution in [-0.4, -0.2) is 13.7 Å². The minimum Gasteiger partial charge on any atom is -0.497 e. The van der Waals surface area contributed by atoms with E-state index in [0.29, 0.717) is 12.3 Å². The van der Waals surface area contributed by atoms with Gasteiger partial charge in [0.05, 0.1) is 13.7 Å². The molecule has 1 aromatic rings. The molecule has 0 aliphatic carbocycles. The Morgan fingerprint density at radius 1 is 1.24 bits per heavy atom. The number of hydrogen-bond donors (Lipinski definition) is 1. The summed E-state index contributed by atoms with van der Waals surface area (Å²) >= 11 is 0. The summed E-state index contributed by atoms with van der Waals surface area (Å²) in [5.74, 6) is 1.52. The molecule has 0 aromatic heterocycles. The van der Waals surface area contributed by atoms with E-state index in [4.69, 9.17) is 15.2 Å². The Labute approximate surface area is 104 Å². The monoisotopic (exact) mass is 237 g/mol. The fraction of sp³-hybridized carbons (Fsp3) is 0.571. The molecule has 0 bridgehead atoms. The van der Waals surface area contributed by atoms with Crippen molar-refractivity contribution in [3.05, 3.63) is 23.8 Å². The van der Waals surface area contributed by atoms with E-state index in [2.05, 4.69) is 13.8 Å². The molecular formula is C14H23NO2. The highest BCUT2D eigenvalue weighted by molar-refractivity contribution is 5.47. The Balaban J connectivity index is 2.33. The smallest absolute Gasteiger partial charge is 0.121 e. The highest BCUT2D eigenvalue weighted by Gasteiger charge is 2.00. The number of nitrogen functional groups attached to an aromatic ring is 1. The third kappa shape index (κ3) is 5.59. The lowest BCUT2D eigenvalue weighted by molar-refractivity contribution is 0.115. The van der Waals surface area contributed by atoms with Crippen molar-refractivity contribution < 1.29 is 9.47 Å². The maximum Gasteiger partial charge on any atom is 0.121 e. The van der Waals surface area contributed by atoms with Gasteiger partial charge in [0.25, 0.3) is 0 Å². The zero-order chi connectivity index (χ0) is 12.7. The van der Waals surface area contributed by atoms with E-state index in [9.17, 15) is 0 Å². The Morgan fingerprint density at radius 2 is 2.00 bits per heavy atom. The summed E-state index contributed by atoms with van der Waals surface area (Å²) < 4.78 is 10.8. The first-order valence-corrected chi connectivity index (χ1v) is 6.13. The molecule has 0 atom stereocenters. The van der Waals surface area contributed by atoms with E-state index < -0.39 is 0 Å². The van der Waals surface area contributed by atoms with E-state index in [1.54, 1.807) is 7.11 Å². The molecule has 0 heterocycles. The van der Waals surface area contributed by atoms with Crippen LogP contribution in [0.15, 0.2) is 18.2 Å². The van der Waals surface area contributed by atoms with Gasteiger partial charge in [-0.05, 0) is 36.5 Å². The second-order valence-electron chi connectivity index (χ2n) is 4.70. The topological polar surface area (TPSA) is 44.5 Å². The average Bonchev–Trinajstić information content (AvgIpc) is 2.27. The van der Waals surface area contributed by atoms with Crippen molar-refractivity contribution in [2.75, 3.05) is 19.5 Å². The van der Waals surface area contributed by atoms with E-state index in [1.807, 2.05) is 18.2 Å². The molecule has 96 valence electrons. The second-order valence-corrected chi connectivity index (χ2v) is 4.70. The van der Waals surface area contributed by atoms with Crippen LogP contribution in [0.25, 0.3) is 0 Å². The van der Waals surface area contributed by atoms with Crippen molar-refractivity contribution in [2.24, 2.45) is 5.92 Å². The van der Waals surface area contributed by atoms with E-state index in [0.717, 1.165) is 30.3 Å². The first-order chi connectivity index (χ1) is 8.11. The van der Waals surface area contributed by atoms with Gasteiger partial charge in [-0.2, -0.15) is 0 Å². The molecule has 0 aliphatic heterocycles. The third-order valence-corrected chi connectivity index (χ3v) is 2.56. The van der Waals surface area contributed by atoms with Crippen LogP contribution in [0, 0.1) is 5.92 Å². The summed E-state index contributed by atoms with van der Waals surface area (Å²) in [4.78, 5) is 0. The van der Waals surface area contributed by atoms with Gasteiger partial charge in [-0.1, -0.05) is 13.8 Å². The van der Waals surface area contributed by atoms with Crippen molar-refractivity contribution in [3.8, 4) is 5.75 Å². The van der Waals surface area contributed by atoms with Gasteiger partial charge in [0.1, 0.15) is 5.75 Å². The van der Waals surface area contributed by atoms with Gasteiger partial charge >= 0.3 is 0 Å². The molecule has 0 fully saturated rings. The largest absolute Gasteiger partial charge is 0.497 e. The minimum absolute atomic E-state index is 0.597. The molecule has 3 nitrogen and oxygen atoms in total. The lowest BCUT2D eigenvalue weighted by Gasteiger charge is -2.08. The van der Waals surface area contributed by atoms with Gasteiger partial charge in [0.2, 0.25) is 0 Å². The molecule has 0 saturated heterocycles. The van der Waals surface area contributed by atoms with E-state index >= 15 is 0 Å². The van der Waals surface area contributed by atoms with Crippen molar-refractivity contribution in [3.63, 3.8) is 0 Å². The summed E-state index contributed by atoms with van der Waals surface area (Å²) in [7, 11) is 1.64. The number of ether oxygens (including phenoxy) is 2. The molecule has 17 heavy (non-hydrogen) atoms. The number of benzene rings is 1. The highest BCUT2D eigenvalue weighted by Crippen LogP contribution is 2.19. The molecular weight excluding hydrogens is 214 g/mol. The summed E-state index contributed by atoms with van der Waals surface area (Å²) in [5, 5.41) is 0. The molecule has 0 amide bonds. The van der Waals surface area contributed by atoms with Crippen LogP contribution >= 0.6 is 0 Å². The third-order valence-electron chi connectivity index (χ3n) is 2.56. The molecule has 1 aromatic carbocycles. The summed E-state index contributed by atoms with van der Waals surface area (Å²) in [6, 6.07) is 5.69. The van der Waals surface area contributed by atoms with Crippen molar-refractivity contribution in [1.29, 1.82) is 0 Å². The molecule has 1 rings (SSSR count). The SMILES string of the molecule is COc1cc(N)cc(COCCCC(C)C)c1. The van der Waals surface area contributed by atoms with Crippen LogP contribution in [0.3, 0.4) is 0 Å². The van der Waals surface area contributed by atoms with Gasteiger partial charge in [-0.15, -0.1) is 0 Å². The summed E-state index contributed by atoms with van der Waals surface area (Å²) in [6.07, 6.45) is 2.32. The van der Waals surface area contributed by atoms with E-state index in [-0.39, 0.29) is 0 Å². The van der Waals surface area contributed by atoms with E-state index in [1.165, 1.54) is 6.42 Å². The molecule has 0 radical (unpaired) electrons. The lowest BCUT2D eigenvalue weighted by atomic mass is 10.1. The number of anilines is 1. The van der Waals surface area contributed by atoms with Gasteiger partial charge < -0.3 is 15.2 Å². The zero-order valence-electron chi connectivity index (χ0n) is 11.0. The average molecular weight is 237 g/mol. The fourth-order valence-electron chi connectivity index (χ4n) is 1.67. The molecule has 0 unspecified atom stereocenters. The summed E-state index contributed by atoms with van der Waals surface area (Å²) in [5.41, 5.74) is 7.54. The normalized spacial score (nSPS) is 10.8. The fourth-order valence-corrected chi connectivity index (χ4v) is 1.67. The minimum atomic E-state index is 0.597. The van der Waals surface area contributed by atoms with Crippen LogP contribution in [0.5, 0.6) is 5.75 Å². The van der Waals surface area contributed by atoms with Gasteiger partial charge in [0.15, 0.2) is 0 Å². The number of hydrogen-bond acceptors (Lipinski definition) is 3. The van der Waals surface area contributed by atoms with Gasteiger partial charge in [-0.3, -0.25) is 0 Å². The van der Waals surface area contributed by atoms with Crippen LogP contribution in [0.1, 0.15) is 32.3 Å². The van der Waals surface area contributed by atoms with Crippen LogP contribution in [-0.2, 0) is 11.3 Å². The number of rotatable bonds is 7. The number of methoxy groups -OCH3 is 1. The quantitative estimate of drug-likeness (QED) is 0.585. The molecule has 0 saturated carbocycles. The second kappa shape index (κ2) is 7.17. The maximum absolute atomic E-state index is 5.77. The standard InChI is InChI=1S/C14H23NO2/c1-11(2)5-4-6-17-10-12-7-13(15)9-14(8-12)16-3/h7-9,11H,4-6,10,15H2,1-3H3. The molecule has 3 heteroatoms. The molecule has 0 spiro atoms. The Kier molecular flexibility index (Phi) is 5.84. The van der Waals surface area contributed by atoms with Gasteiger partial charge in [0, 0.05) is 18.4 Å². The summed E-state index contributed by atoms with van der Waals surface area (Å²) in [6.45, 7) is 5.85. The first kappa shape index (κ1) is 13.8. The predicted molar refractivity (Wildman–Crippen MR) is 71.1 cm³/mol. The zero-order valence-corrected chi connectivity index (χ0v) is 11.0. The maximum atomic E-state index is 5.77. The first-order valence-electron chi connectivity index (χ1n) is 6.13. The van der Waals surface area contributed by atoms with Crippen molar-refractivity contribution in [1.82, 2.24) is 0 Å². The number of nitrogens with two attached hydrogens (primary N) is 1. The van der Waals surface area contributed by atoms with Crippen LogP contribution in [0.2, 0.25) is 0 Å². The van der Waals surface area contributed by atoms with Crippen LogP contribution < -0.4 is 10.5 Å². The Hall–Kier alpha value is -1.22. The lowest BCUT2D eigenvalue weighted by Crippen LogP contribution is -1.99. The van der Waals surface area contributed by atoms with Crippen LogP contribution in [0.4, 0.5) is 5.69 Å². The Bertz CT molecular complexity index is 337.